The van der Waals surface area contributed by atoms with Gasteiger partial charge in [0.1, 0.15) is 0 Å². The Morgan fingerprint density at radius 1 is 1.44 bits per heavy atom. The largest absolute Gasteiger partial charge is 0.340 e. The quantitative estimate of drug-likeness (QED) is 0.876. The number of amides is 1. The third kappa shape index (κ3) is 2.68. The summed E-state index contributed by atoms with van der Waals surface area (Å²) in [6.07, 6.45) is 0. The molecule has 4 nitrogen and oxygen atoms in total. The van der Waals surface area contributed by atoms with Crippen molar-refractivity contribution in [3.8, 4) is 0 Å². The summed E-state index contributed by atoms with van der Waals surface area (Å²) in [6, 6.07) is 9.61. The van der Waals surface area contributed by atoms with Crippen LogP contribution < -0.4 is 5.32 Å². The van der Waals surface area contributed by atoms with Gasteiger partial charge in [0.25, 0.3) is 5.91 Å². The van der Waals surface area contributed by atoms with Crippen LogP contribution in [0.5, 0.6) is 0 Å². The Morgan fingerprint density at radius 3 is 2.72 bits per heavy atom. The van der Waals surface area contributed by atoms with E-state index in [0.29, 0.717) is 5.69 Å². The highest BCUT2D eigenvalue weighted by Gasteiger charge is 2.28. The molecule has 18 heavy (non-hydrogen) atoms. The maximum atomic E-state index is 12.0. The van der Waals surface area contributed by atoms with Gasteiger partial charge in [-0.05, 0) is 24.0 Å². The van der Waals surface area contributed by atoms with Gasteiger partial charge in [-0.1, -0.05) is 34.8 Å². The van der Waals surface area contributed by atoms with Crippen molar-refractivity contribution in [3.05, 3.63) is 47.0 Å². The van der Waals surface area contributed by atoms with Gasteiger partial charge in [0.15, 0.2) is 5.69 Å². The number of hydrogen-bond donors (Lipinski definition) is 1. The standard InChI is InChI=1S/C12H12ClN3OS/c1-12(8-13,9-5-3-2-4-6-9)14-11(17)10-7-18-16-15-10/h2-7H,8H2,1H3,(H,14,17). The van der Waals surface area contributed by atoms with Crippen molar-refractivity contribution in [3.63, 3.8) is 0 Å². The summed E-state index contributed by atoms with van der Waals surface area (Å²) in [5.41, 5.74) is 0.646. The van der Waals surface area contributed by atoms with Gasteiger partial charge in [-0.2, -0.15) is 0 Å². The molecule has 1 aromatic heterocycles. The van der Waals surface area contributed by atoms with Gasteiger partial charge in [0.05, 0.1) is 5.54 Å². The Morgan fingerprint density at radius 2 is 2.17 bits per heavy atom. The molecule has 1 atom stereocenters. The SMILES string of the molecule is CC(CCl)(NC(=O)c1csnn1)c1ccccc1. The normalized spacial score (nSPS) is 13.9. The number of alkyl halides is 1. The lowest BCUT2D eigenvalue weighted by Gasteiger charge is -2.28. The van der Waals surface area contributed by atoms with Crippen LogP contribution in [0, 0.1) is 0 Å². The van der Waals surface area contributed by atoms with E-state index >= 15 is 0 Å². The minimum atomic E-state index is -0.622. The molecule has 0 spiro atoms. The van der Waals surface area contributed by atoms with E-state index in [-0.39, 0.29) is 11.8 Å². The predicted molar refractivity (Wildman–Crippen MR) is 71.9 cm³/mol. The molecular formula is C12H12ClN3OS. The molecule has 1 unspecified atom stereocenters. The number of hydrogen-bond acceptors (Lipinski definition) is 4. The summed E-state index contributed by atoms with van der Waals surface area (Å²) >= 11 is 7.14. The zero-order valence-electron chi connectivity index (χ0n) is 9.76. The fraction of sp³-hybridized carbons (Fsp3) is 0.250. The predicted octanol–water partition coefficient (Wildman–Crippen LogP) is 2.42. The molecule has 0 aliphatic carbocycles. The number of halogens is 1. The van der Waals surface area contributed by atoms with Crippen molar-refractivity contribution >= 4 is 29.0 Å². The zero-order valence-corrected chi connectivity index (χ0v) is 11.3. The van der Waals surface area contributed by atoms with Crippen molar-refractivity contribution in [2.24, 2.45) is 0 Å². The number of carbonyl (C=O) groups excluding carboxylic acids is 1. The molecule has 0 saturated carbocycles. The highest BCUT2D eigenvalue weighted by atomic mass is 35.5. The van der Waals surface area contributed by atoms with E-state index in [1.165, 1.54) is 0 Å². The Kier molecular flexibility index (Phi) is 3.93. The first-order valence-electron chi connectivity index (χ1n) is 5.37. The van der Waals surface area contributed by atoms with E-state index < -0.39 is 5.54 Å². The summed E-state index contributed by atoms with van der Waals surface area (Å²) in [5.74, 6) is 0.0103. The number of nitrogens with one attached hydrogen (secondary N) is 1. The fourth-order valence-electron chi connectivity index (χ4n) is 1.57. The summed E-state index contributed by atoms with van der Waals surface area (Å²) in [4.78, 5) is 12.0. The van der Waals surface area contributed by atoms with Crippen molar-refractivity contribution in [1.29, 1.82) is 0 Å². The van der Waals surface area contributed by atoms with E-state index in [1.807, 2.05) is 37.3 Å². The van der Waals surface area contributed by atoms with E-state index in [9.17, 15) is 4.79 Å². The molecule has 0 aliphatic heterocycles. The summed E-state index contributed by atoms with van der Waals surface area (Å²) in [7, 11) is 0. The van der Waals surface area contributed by atoms with Gasteiger partial charge in [-0.15, -0.1) is 16.7 Å². The van der Waals surface area contributed by atoms with Crippen LogP contribution in [-0.4, -0.2) is 21.4 Å². The van der Waals surface area contributed by atoms with Crippen molar-refractivity contribution in [2.45, 2.75) is 12.5 Å². The second kappa shape index (κ2) is 5.46. The zero-order chi connectivity index (χ0) is 13.0. The lowest BCUT2D eigenvalue weighted by atomic mass is 9.94. The second-order valence-corrected chi connectivity index (χ2v) is 4.95. The molecule has 2 rings (SSSR count). The van der Waals surface area contributed by atoms with Gasteiger partial charge >= 0.3 is 0 Å². The summed E-state index contributed by atoms with van der Waals surface area (Å²) in [5, 5.41) is 8.24. The van der Waals surface area contributed by atoms with Gasteiger partial charge in [0.2, 0.25) is 0 Å². The number of nitrogens with zero attached hydrogens (tertiary/aromatic N) is 2. The third-order valence-corrected chi connectivity index (χ3v) is 3.70. The first kappa shape index (κ1) is 13.0. The van der Waals surface area contributed by atoms with E-state index in [0.717, 1.165) is 17.1 Å². The number of aromatic nitrogens is 2. The van der Waals surface area contributed by atoms with Crippen LogP contribution >= 0.6 is 23.1 Å². The smallest absolute Gasteiger partial charge is 0.273 e. The highest BCUT2D eigenvalue weighted by Crippen LogP contribution is 2.22. The number of rotatable bonds is 4. The fourth-order valence-corrected chi connectivity index (χ4v) is 2.22. The number of benzene rings is 1. The van der Waals surface area contributed by atoms with Crippen LogP contribution in [0.1, 0.15) is 23.0 Å². The number of carbonyl (C=O) groups is 1. The van der Waals surface area contributed by atoms with Crippen LogP contribution in [0.15, 0.2) is 35.7 Å². The Balaban J connectivity index is 2.21. The maximum absolute atomic E-state index is 12.0. The highest BCUT2D eigenvalue weighted by molar-refractivity contribution is 7.03. The average molecular weight is 282 g/mol. The van der Waals surface area contributed by atoms with Crippen molar-refractivity contribution in [1.82, 2.24) is 14.9 Å². The molecular weight excluding hydrogens is 270 g/mol. The second-order valence-electron chi connectivity index (χ2n) is 4.08. The molecule has 6 heteroatoms. The molecule has 0 bridgehead atoms. The van der Waals surface area contributed by atoms with Crippen LogP contribution in [0.2, 0.25) is 0 Å². The molecule has 0 aliphatic rings. The van der Waals surface area contributed by atoms with Gasteiger partial charge in [-0.25, -0.2) is 0 Å². The minimum absolute atomic E-state index is 0.268. The summed E-state index contributed by atoms with van der Waals surface area (Å²) < 4.78 is 3.67. The maximum Gasteiger partial charge on any atom is 0.273 e. The Hall–Kier alpha value is -1.46. The molecule has 2 aromatic rings. The molecule has 1 aromatic carbocycles. The average Bonchev–Trinajstić information content (AvgIpc) is 2.93. The topological polar surface area (TPSA) is 54.9 Å². The minimum Gasteiger partial charge on any atom is -0.340 e. The lowest BCUT2D eigenvalue weighted by Crippen LogP contribution is -2.45. The molecule has 1 heterocycles. The Labute approximate surface area is 114 Å². The van der Waals surface area contributed by atoms with Crippen LogP contribution in [-0.2, 0) is 5.54 Å². The van der Waals surface area contributed by atoms with Crippen molar-refractivity contribution < 1.29 is 4.79 Å². The molecule has 0 saturated heterocycles. The van der Waals surface area contributed by atoms with Crippen LogP contribution in [0.25, 0.3) is 0 Å². The van der Waals surface area contributed by atoms with Gasteiger partial charge in [-0.3, -0.25) is 4.79 Å². The lowest BCUT2D eigenvalue weighted by molar-refractivity contribution is 0.0908. The van der Waals surface area contributed by atoms with E-state index in [4.69, 9.17) is 11.6 Å². The molecule has 0 radical (unpaired) electrons. The molecule has 0 fully saturated rings. The van der Waals surface area contributed by atoms with Crippen LogP contribution in [0.3, 0.4) is 0 Å². The third-order valence-electron chi connectivity index (χ3n) is 2.66. The first-order chi connectivity index (χ1) is 8.65. The van der Waals surface area contributed by atoms with Gasteiger partial charge in [0, 0.05) is 11.3 Å². The molecule has 1 amide bonds. The first-order valence-corrected chi connectivity index (χ1v) is 6.74. The summed E-state index contributed by atoms with van der Waals surface area (Å²) in [6.45, 7) is 1.88. The van der Waals surface area contributed by atoms with Crippen molar-refractivity contribution in [2.75, 3.05) is 5.88 Å². The van der Waals surface area contributed by atoms with E-state index in [1.54, 1.807) is 5.38 Å². The monoisotopic (exact) mass is 281 g/mol. The van der Waals surface area contributed by atoms with E-state index in [2.05, 4.69) is 14.9 Å². The van der Waals surface area contributed by atoms with Gasteiger partial charge < -0.3 is 5.32 Å². The molecule has 1 N–H and O–H groups in total. The van der Waals surface area contributed by atoms with Crippen LogP contribution in [0.4, 0.5) is 0 Å². The molecule has 94 valence electrons. The Bertz CT molecular complexity index is 517.